The highest BCUT2D eigenvalue weighted by Gasteiger charge is 2.30. The first-order chi connectivity index (χ1) is 28.0. The molecule has 0 aliphatic carbocycles. The molecular weight excluding hydrogens is 789 g/mol. The van der Waals surface area contributed by atoms with Gasteiger partial charge in [0, 0.05) is 68.1 Å². The number of hydrogen-bond acceptors (Lipinski definition) is 6. The zero-order chi connectivity index (χ0) is 43.1. The lowest BCUT2D eigenvalue weighted by Crippen LogP contribution is -2.49. The van der Waals surface area contributed by atoms with Crippen molar-refractivity contribution in [2.75, 3.05) is 38.1 Å². The van der Waals surface area contributed by atoms with Gasteiger partial charge in [0.25, 0.3) is 11.8 Å². The average molecular weight is 825 g/mol. The summed E-state index contributed by atoms with van der Waals surface area (Å²) in [6.07, 6.45) is -1.01. The second kappa shape index (κ2) is 18.6. The third kappa shape index (κ3) is 10.5. The minimum Gasteiger partial charge on any atom is -0.494 e. The molecule has 0 heterocycles. The molecule has 0 aromatic heterocycles. The van der Waals surface area contributed by atoms with Gasteiger partial charge in [-0.05, 0) is 77.9 Å². The number of carbonyl (C=O) groups is 4. The number of benzene rings is 5. The van der Waals surface area contributed by atoms with Crippen molar-refractivity contribution in [3.05, 3.63) is 154 Å². The Morgan fingerprint density at radius 1 is 0.525 bits per heavy atom. The van der Waals surface area contributed by atoms with E-state index >= 15 is 4.39 Å². The maximum Gasteiger partial charge on any atom is 0.254 e. The monoisotopic (exact) mass is 824 g/mol. The zero-order valence-electron chi connectivity index (χ0n) is 31.7. The molecule has 5 rings (SSSR count). The second-order valence-corrected chi connectivity index (χ2v) is 13.1. The summed E-state index contributed by atoms with van der Waals surface area (Å²) in [7, 11) is 4.96. The third-order valence-corrected chi connectivity index (χ3v) is 9.11. The summed E-state index contributed by atoms with van der Waals surface area (Å²) < 4.78 is 111. The van der Waals surface area contributed by atoms with Gasteiger partial charge in [0.1, 0.15) is 41.2 Å². The molecule has 0 saturated carbocycles. The van der Waals surface area contributed by atoms with Crippen LogP contribution in [0.15, 0.2) is 91.0 Å². The lowest BCUT2D eigenvalue weighted by molar-refractivity contribution is -0.120. The first-order valence-corrected chi connectivity index (χ1v) is 17.5. The van der Waals surface area contributed by atoms with Crippen LogP contribution in [-0.4, -0.2) is 64.0 Å². The molecule has 4 amide bonds. The normalized spacial score (nSPS) is 11.9. The molecule has 0 fully saturated rings. The van der Waals surface area contributed by atoms with Crippen LogP contribution in [0, 0.1) is 40.7 Å². The number of nitrogens with zero attached hydrogens (tertiary/aromatic N) is 2. The van der Waals surface area contributed by atoms with E-state index in [1.54, 1.807) is 0 Å². The van der Waals surface area contributed by atoms with Gasteiger partial charge in [-0.25, -0.2) is 30.7 Å². The molecule has 0 unspecified atom stereocenters. The minimum atomic E-state index is -1.65. The fourth-order valence-electron chi connectivity index (χ4n) is 6.10. The molecule has 0 radical (unpaired) electrons. The predicted molar refractivity (Wildman–Crippen MR) is 202 cm³/mol. The zero-order valence-corrected chi connectivity index (χ0v) is 31.7. The number of methoxy groups -OCH3 is 2. The van der Waals surface area contributed by atoms with Crippen molar-refractivity contribution in [2.24, 2.45) is 0 Å². The van der Waals surface area contributed by atoms with E-state index in [0.717, 1.165) is 64.4 Å². The van der Waals surface area contributed by atoms with Crippen LogP contribution >= 0.6 is 0 Å². The molecule has 0 saturated heterocycles. The first kappa shape index (κ1) is 43.2. The van der Waals surface area contributed by atoms with Gasteiger partial charge < -0.3 is 29.9 Å². The maximum absolute atomic E-state index is 15.3. The molecule has 308 valence electrons. The van der Waals surface area contributed by atoms with Crippen molar-refractivity contribution in [2.45, 2.75) is 24.9 Å². The maximum atomic E-state index is 15.3. The van der Waals surface area contributed by atoms with E-state index in [1.807, 2.05) is 0 Å². The standard InChI is InChI=1S/C42H35F7N4O6/c1-52(29-6-9-37(58-3)33(48)20-29)41(56)35(15-22-11-25(43)18-26(44)12-22)50-39(54)24-5-8-32(47)31(17-24)40(55)51-36(16-23-13-27(45)19-28(46)14-23)42(57)53(2)30-7-10-38(59-4)34(49)21-30/h5-14,17-21,35-36H,15-16H2,1-4H3,(H,50,54)(H,51,55)/t35-,36-/m0/s1. The highest BCUT2D eigenvalue weighted by atomic mass is 19.2. The summed E-state index contributed by atoms with van der Waals surface area (Å²) in [6.45, 7) is 0. The number of carbonyl (C=O) groups excluding carboxylic acids is 4. The Morgan fingerprint density at radius 2 is 0.932 bits per heavy atom. The van der Waals surface area contributed by atoms with Crippen molar-refractivity contribution < 1.29 is 59.4 Å². The fraction of sp³-hybridized carbons (Fsp3) is 0.190. The van der Waals surface area contributed by atoms with E-state index in [-0.39, 0.29) is 39.6 Å². The van der Waals surface area contributed by atoms with Gasteiger partial charge in [0.05, 0.1) is 19.8 Å². The van der Waals surface area contributed by atoms with E-state index in [2.05, 4.69) is 10.6 Å². The van der Waals surface area contributed by atoms with E-state index < -0.39 is 94.8 Å². The molecule has 0 bridgehead atoms. The van der Waals surface area contributed by atoms with Gasteiger partial charge in [-0.2, -0.15) is 0 Å². The van der Waals surface area contributed by atoms with Crippen LogP contribution in [0.1, 0.15) is 31.8 Å². The Hall–Kier alpha value is -6.91. The molecule has 2 atom stereocenters. The largest absolute Gasteiger partial charge is 0.494 e. The number of halogens is 7. The highest BCUT2D eigenvalue weighted by Crippen LogP contribution is 2.26. The van der Waals surface area contributed by atoms with Gasteiger partial charge in [-0.1, -0.05) is 0 Å². The number of ether oxygens (including phenoxy) is 2. The third-order valence-electron chi connectivity index (χ3n) is 9.11. The van der Waals surface area contributed by atoms with Crippen LogP contribution in [0.5, 0.6) is 11.5 Å². The molecular formula is C42H35F7N4O6. The molecule has 0 aliphatic rings. The number of hydrogen-bond donors (Lipinski definition) is 2. The summed E-state index contributed by atoms with van der Waals surface area (Å²) in [4.78, 5) is 56.9. The Bertz CT molecular complexity index is 2380. The van der Waals surface area contributed by atoms with Gasteiger partial charge in [-0.15, -0.1) is 0 Å². The predicted octanol–water partition coefficient (Wildman–Crippen LogP) is 6.69. The quantitative estimate of drug-likeness (QED) is 0.121. The Kier molecular flexibility index (Phi) is 13.6. The highest BCUT2D eigenvalue weighted by molar-refractivity contribution is 6.05. The average Bonchev–Trinajstić information content (AvgIpc) is 3.18. The fourth-order valence-corrected chi connectivity index (χ4v) is 6.10. The van der Waals surface area contributed by atoms with Gasteiger partial charge in [-0.3, -0.25) is 19.2 Å². The van der Waals surface area contributed by atoms with Gasteiger partial charge in [0.2, 0.25) is 11.8 Å². The number of anilines is 2. The van der Waals surface area contributed by atoms with Crippen LogP contribution in [0.25, 0.3) is 0 Å². The smallest absolute Gasteiger partial charge is 0.254 e. The van der Waals surface area contributed by atoms with E-state index in [1.165, 1.54) is 52.6 Å². The minimum absolute atomic E-state index is 0.00401. The summed E-state index contributed by atoms with van der Waals surface area (Å²) in [5, 5.41) is 4.75. The lowest BCUT2D eigenvalue weighted by atomic mass is 10.0. The lowest BCUT2D eigenvalue weighted by Gasteiger charge is -2.26. The number of nitrogens with one attached hydrogen (secondary N) is 2. The molecule has 10 nitrogen and oxygen atoms in total. The van der Waals surface area contributed by atoms with Crippen molar-refractivity contribution in [3.8, 4) is 11.5 Å². The SMILES string of the molecule is COc1ccc(N(C)C(=O)[C@H](Cc2cc(F)cc(F)c2)NC(=O)c2ccc(F)c(C(=O)N[C@@H](Cc3cc(F)cc(F)c3)C(=O)N(C)c3ccc(OC)c(F)c3)c2)cc1F. The summed E-state index contributed by atoms with van der Waals surface area (Å²) in [5.74, 6) is -11.1. The molecule has 59 heavy (non-hydrogen) atoms. The Morgan fingerprint density at radius 3 is 1.32 bits per heavy atom. The first-order valence-electron chi connectivity index (χ1n) is 17.5. The van der Waals surface area contributed by atoms with Crippen molar-refractivity contribution >= 4 is 35.0 Å². The van der Waals surface area contributed by atoms with Crippen LogP contribution in [0.4, 0.5) is 42.1 Å². The Balaban J connectivity index is 1.44. The second-order valence-electron chi connectivity index (χ2n) is 13.1. The van der Waals surface area contributed by atoms with Crippen LogP contribution in [-0.2, 0) is 22.4 Å². The van der Waals surface area contributed by atoms with Crippen LogP contribution in [0.3, 0.4) is 0 Å². The van der Waals surface area contributed by atoms with E-state index in [9.17, 15) is 45.5 Å². The van der Waals surface area contributed by atoms with Crippen LogP contribution in [0.2, 0.25) is 0 Å². The van der Waals surface area contributed by atoms with Gasteiger partial charge >= 0.3 is 0 Å². The molecule has 5 aromatic carbocycles. The number of rotatable bonds is 14. The molecule has 17 heteroatoms. The molecule has 0 spiro atoms. The van der Waals surface area contributed by atoms with Crippen molar-refractivity contribution in [3.63, 3.8) is 0 Å². The van der Waals surface area contributed by atoms with Crippen LogP contribution < -0.4 is 29.9 Å². The number of amides is 4. The molecule has 2 N–H and O–H groups in total. The Labute approximate surface area is 333 Å². The summed E-state index contributed by atoms with van der Waals surface area (Å²) in [6, 6.07) is 11.3. The molecule has 0 aliphatic heterocycles. The van der Waals surface area contributed by atoms with Crippen molar-refractivity contribution in [1.82, 2.24) is 10.6 Å². The van der Waals surface area contributed by atoms with Crippen molar-refractivity contribution in [1.29, 1.82) is 0 Å². The van der Waals surface area contributed by atoms with E-state index in [0.29, 0.717) is 12.1 Å². The summed E-state index contributed by atoms with van der Waals surface area (Å²) >= 11 is 0. The van der Waals surface area contributed by atoms with E-state index in [4.69, 9.17) is 9.47 Å². The van der Waals surface area contributed by atoms with Gasteiger partial charge in [0.15, 0.2) is 23.1 Å². The molecule has 5 aromatic rings. The number of likely N-dealkylation sites (N-methyl/N-ethyl adjacent to an activating group) is 2. The topological polar surface area (TPSA) is 117 Å². The summed E-state index contributed by atoms with van der Waals surface area (Å²) in [5.41, 5.74) is -1.29.